The van der Waals surface area contributed by atoms with Gasteiger partial charge in [0.1, 0.15) is 22.3 Å². The first kappa shape index (κ1) is 26.8. The summed E-state index contributed by atoms with van der Waals surface area (Å²) >= 11 is 6.47. The summed E-state index contributed by atoms with van der Waals surface area (Å²) in [4.78, 5) is 15.8. The van der Waals surface area contributed by atoms with E-state index >= 15 is 0 Å². The van der Waals surface area contributed by atoms with Crippen molar-refractivity contribution in [2.45, 2.75) is 16.9 Å². The fourth-order valence-electron chi connectivity index (χ4n) is 4.12. The molecule has 0 spiro atoms. The predicted octanol–water partition coefficient (Wildman–Crippen LogP) is 3.92. The molecule has 4 aromatic rings. The molecular formula is C27H24ClFN4O5S. The number of pyridine rings is 1. The van der Waals surface area contributed by atoms with Crippen LogP contribution in [0.5, 0.6) is 0 Å². The van der Waals surface area contributed by atoms with Gasteiger partial charge in [-0.1, -0.05) is 17.7 Å². The number of morpholine rings is 1. The molecule has 9 nitrogen and oxygen atoms in total. The number of ether oxygens (including phenoxy) is 1. The molecule has 0 bridgehead atoms. The molecule has 0 radical (unpaired) electrons. The maximum atomic E-state index is 14.6. The molecule has 1 aliphatic rings. The molecular weight excluding hydrogens is 547 g/mol. The lowest BCUT2D eigenvalue weighted by molar-refractivity contribution is -0.116. The summed E-state index contributed by atoms with van der Waals surface area (Å²) in [5.74, 6) is -0.344. The van der Waals surface area contributed by atoms with Gasteiger partial charge in [-0.3, -0.25) is 4.79 Å². The van der Waals surface area contributed by atoms with Gasteiger partial charge in [-0.25, -0.2) is 17.8 Å². The number of carbonyl (C=O) groups is 1. The Labute approximate surface area is 228 Å². The maximum Gasteiger partial charge on any atom is 0.244 e. The molecule has 1 aliphatic heterocycles. The van der Waals surface area contributed by atoms with Crippen LogP contribution in [-0.4, -0.2) is 44.4 Å². The van der Waals surface area contributed by atoms with Crippen molar-refractivity contribution in [3.05, 3.63) is 83.0 Å². The van der Waals surface area contributed by atoms with Crippen LogP contribution in [0.1, 0.15) is 11.3 Å². The molecule has 1 amide bonds. The summed E-state index contributed by atoms with van der Waals surface area (Å²) in [6.07, 6.45) is 4.53. The summed E-state index contributed by atoms with van der Waals surface area (Å²) in [6, 6.07) is 12.3. The second-order valence-electron chi connectivity index (χ2n) is 8.85. The minimum Gasteiger partial charge on any atom is -0.458 e. The second-order valence-corrected chi connectivity index (χ2v) is 11.3. The quantitative estimate of drug-likeness (QED) is 0.284. The highest BCUT2D eigenvalue weighted by Crippen LogP contribution is 2.34. The third-order valence-electron chi connectivity index (χ3n) is 6.11. The smallest absolute Gasteiger partial charge is 0.244 e. The summed E-state index contributed by atoms with van der Waals surface area (Å²) < 4.78 is 51.9. The standard InChI is InChI=1S/C27H24ClFN4O5S/c28-21-11-18(17-3-4-22(29)23(12-17)39(35,36)26-15-31-7-8-37-26)9-19-10-20(38-27(19)21)14-33-25(34)6-2-16-1-5-24(30)32-13-16/h1-6,9-13,26,31H,7-8,14-15H2,(H2,30,32)(H,33,34)/b6-2+. The summed E-state index contributed by atoms with van der Waals surface area (Å²) in [5, 5.41) is 6.60. The Balaban J connectivity index is 1.35. The largest absolute Gasteiger partial charge is 0.458 e. The van der Waals surface area contributed by atoms with Crippen LogP contribution >= 0.6 is 11.6 Å². The summed E-state index contributed by atoms with van der Waals surface area (Å²) in [7, 11) is -4.08. The number of nitrogens with one attached hydrogen (secondary N) is 2. The van der Waals surface area contributed by atoms with Crippen molar-refractivity contribution in [3.63, 3.8) is 0 Å². The Morgan fingerprint density at radius 1 is 1.21 bits per heavy atom. The minimum atomic E-state index is -4.08. The van der Waals surface area contributed by atoms with Crippen LogP contribution in [0, 0.1) is 5.82 Å². The molecule has 2 aromatic heterocycles. The van der Waals surface area contributed by atoms with E-state index in [1.807, 2.05) is 0 Å². The van der Waals surface area contributed by atoms with E-state index in [1.165, 1.54) is 18.2 Å². The average molecular weight is 571 g/mol. The van der Waals surface area contributed by atoms with Crippen molar-refractivity contribution in [1.29, 1.82) is 0 Å². The van der Waals surface area contributed by atoms with Crippen molar-refractivity contribution < 1.29 is 26.8 Å². The molecule has 0 aliphatic carbocycles. The van der Waals surface area contributed by atoms with E-state index in [0.717, 1.165) is 11.6 Å². The lowest BCUT2D eigenvalue weighted by atomic mass is 10.0. The van der Waals surface area contributed by atoms with Crippen LogP contribution in [-0.2, 0) is 25.9 Å². The molecule has 5 rings (SSSR count). The van der Waals surface area contributed by atoms with Crippen LogP contribution < -0.4 is 16.4 Å². The molecule has 202 valence electrons. The monoisotopic (exact) mass is 570 g/mol. The number of rotatable bonds is 7. The first-order valence-corrected chi connectivity index (χ1v) is 13.9. The zero-order valence-corrected chi connectivity index (χ0v) is 22.1. The van der Waals surface area contributed by atoms with E-state index in [4.69, 9.17) is 26.5 Å². The van der Waals surface area contributed by atoms with Crippen molar-refractivity contribution >= 4 is 50.2 Å². The summed E-state index contributed by atoms with van der Waals surface area (Å²) in [5.41, 5.74) is 6.55. The lowest BCUT2D eigenvalue weighted by Gasteiger charge is -2.24. The van der Waals surface area contributed by atoms with Gasteiger partial charge in [0.2, 0.25) is 15.7 Å². The highest BCUT2D eigenvalue weighted by atomic mass is 35.5. The first-order chi connectivity index (χ1) is 18.7. The van der Waals surface area contributed by atoms with Crippen molar-refractivity contribution in [2.75, 3.05) is 25.4 Å². The van der Waals surface area contributed by atoms with Gasteiger partial charge in [0.15, 0.2) is 11.0 Å². The van der Waals surface area contributed by atoms with Crippen LogP contribution in [0.15, 0.2) is 70.1 Å². The Morgan fingerprint density at radius 2 is 2.05 bits per heavy atom. The van der Waals surface area contributed by atoms with Crippen molar-refractivity contribution in [2.24, 2.45) is 0 Å². The maximum absolute atomic E-state index is 14.6. The van der Waals surface area contributed by atoms with Crippen molar-refractivity contribution in [1.82, 2.24) is 15.6 Å². The fourth-order valence-corrected chi connectivity index (χ4v) is 5.91. The van der Waals surface area contributed by atoms with Crippen LogP contribution in [0.25, 0.3) is 28.2 Å². The number of fused-ring (bicyclic) bond motifs is 1. The molecule has 2 aromatic carbocycles. The van der Waals surface area contributed by atoms with Gasteiger partial charge in [0, 0.05) is 30.7 Å². The van der Waals surface area contributed by atoms with E-state index < -0.39 is 26.0 Å². The minimum absolute atomic E-state index is 0.0759. The van der Waals surface area contributed by atoms with Gasteiger partial charge >= 0.3 is 0 Å². The number of halogens is 2. The number of sulfone groups is 1. The summed E-state index contributed by atoms with van der Waals surface area (Å²) in [6.45, 7) is 0.933. The molecule has 1 atom stereocenters. The van der Waals surface area contributed by atoms with Gasteiger partial charge in [0.05, 0.1) is 18.2 Å². The normalized spacial score (nSPS) is 16.1. The third kappa shape index (κ3) is 5.96. The Hall–Kier alpha value is -3.77. The molecule has 0 saturated carbocycles. The highest BCUT2D eigenvalue weighted by Gasteiger charge is 2.32. The van der Waals surface area contributed by atoms with E-state index in [-0.39, 0.29) is 30.6 Å². The molecule has 3 heterocycles. The number of nitrogens with two attached hydrogens (primary N) is 1. The van der Waals surface area contributed by atoms with Gasteiger partial charge in [-0.2, -0.15) is 0 Å². The second kappa shape index (κ2) is 11.1. The van der Waals surface area contributed by atoms with Gasteiger partial charge in [-0.05, 0) is 65.2 Å². The number of hydrogen-bond donors (Lipinski definition) is 3. The SMILES string of the molecule is Nc1ccc(/C=C/C(=O)NCc2cc3cc(-c4ccc(F)c(S(=O)(=O)C5CNCCO5)c4)cc(Cl)c3o2)cn1. The number of anilines is 1. The fraction of sp³-hybridized carbons (Fsp3) is 0.185. The molecule has 1 fully saturated rings. The number of nitrogens with zero attached hydrogens (tertiary/aromatic N) is 1. The van der Waals surface area contributed by atoms with E-state index in [1.54, 1.807) is 42.6 Å². The van der Waals surface area contributed by atoms with Crippen LogP contribution in [0.3, 0.4) is 0 Å². The number of nitrogen functional groups attached to an aromatic ring is 1. The Bertz CT molecular complexity index is 1670. The topological polar surface area (TPSA) is 137 Å². The number of carbonyl (C=O) groups excluding carboxylic acids is 1. The molecule has 12 heteroatoms. The Morgan fingerprint density at radius 3 is 2.79 bits per heavy atom. The Kier molecular flexibility index (Phi) is 7.67. The zero-order chi connectivity index (χ0) is 27.6. The average Bonchev–Trinajstić information content (AvgIpc) is 3.36. The van der Waals surface area contributed by atoms with Crippen molar-refractivity contribution in [3.8, 4) is 11.1 Å². The van der Waals surface area contributed by atoms with E-state index in [2.05, 4.69) is 15.6 Å². The molecule has 39 heavy (non-hydrogen) atoms. The third-order valence-corrected chi connectivity index (χ3v) is 8.31. The van der Waals surface area contributed by atoms with E-state index in [9.17, 15) is 17.6 Å². The van der Waals surface area contributed by atoms with E-state index in [0.29, 0.717) is 40.2 Å². The number of benzene rings is 2. The van der Waals surface area contributed by atoms with Gasteiger partial charge < -0.3 is 25.5 Å². The molecule has 1 saturated heterocycles. The lowest BCUT2D eigenvalue weighted by Crippen LogP contribution is -2.43. The van der Waals surface area contributed by atoms with Gasteiger partial charge in [-0.15, -0.1) is 0 Å². The predicted molar refractivity (Wildman–Crippen MR) is 146 cm³/mol. The number of furan rings is 1. The molecule has 1 unspecified atom stereocenters. The number of hydrogen-bond acceptors (Lipinski definition) is 8. The van der Waals surface area contributed by atoms with Crippen LogP contribution in [0.2, 0.25) is 5.02 Å². The number of aromatic nitrogens is 1. The highest BCUT2D eigenvalue weighted by molar-refractivity contribution is 7.92. The van der Waals surface area contributed by atoms with Crippen LogP contribution in [0.4, 0.5) is 10.2 Å². The number of amides is 1. The first-order valence-electron chi connectivity index (χ1n) is 12.0. The molecule has 4 N–H and O–H groups in total. The van der Waals surface area contributed by atoms with Gasteiger partial charge in [0.25, 0.3) is 0 Å². The zero-order valence-electron chi connectivity index (χ0n) is 20.5.